The fourth-order valence-corrected chi connectivity index (χ4v) is 2.92. The van der Waals surface area contributed by atoms with E-state index < -0.39 is 32.5 Å². The Labute approximate surface area is 134 Å². The molecule has 0 heterocycles. The molecule has 0 aromatic heterocycles. The summed E-state index contributed by atoms with van der Waals surface area (Å²) in [6, 6.07) is 2.97. The van der Waals surface area contributed by atoms with Crippen molar-refractivity contribution in [3.63, 3.8) is 0 Å². The lowest BCUT2D eigenvalue weighted by Gasteiger charge is -2.19. The Morgan fingerprint density at radius 1 is 1.39 bits per heavy atom. The predicted molar refractivity (Wildman–Crippen MR) is 85.1 cm³/mol. The number of carbonyl (C=O) groups is 1. The summed E-state index contributed by atoms with van der Waals surface area (Å²) >= 11 is 0. The molecule has 1 atom stereocenters. The number of benzene rings is 1. The minimum Gasteiger partial charge on any atom is -0.467 e. The highest BCUT2D eigenvalue weighted by Crippen LogP contribution is 2.28. The van der Waals surface area contributed by atoms with Gasteiger partial charge >= 0.3 is 5.97 Å². The molecule has 0 radical (unpaired) electrons. The second kappa shape index (κ2) is 7.40. The van der Waals surface area contributed by atoms with Gasteiger partial charge in [-0.25, -0.2) is 13.2 Å². The number of methoxy groups -OCH3 is 1. The van der Waals surface area contributed by atoms with Gasteiger partial charge in [-0.1, -0.05) is 13.8 Å². The number of nitrogens with one attached hydrogen (secondary N) is 1. The van der Waals surface area contributed by atoms with Gasteiger partial charge in [0.2, 0.25) is 0 Å². The highest BCUT2D eigenvalue weighted by molar-refractivity contribution is 7.90. The van der Waals surface area contributed by atoms with Crippen LogP contribution in [0.3, 0.4) is 0 Å². The molecule has 1 aromatic rings. The summed E-state index contributed by atoms with van der Waals surface area (Å²) in [6.45, 7) is 3.85. The van der Waals surface area contributed by atoms with Crippen LogP contribution in [0.5, 0.6) is 0 Å². The van der Waals surface area contributed by atoms with Gasteiger partial charge in [-0.3, -0.25) is 10.1 Å². The molecule has 0 spiro atoms. The van der Waals surface area contributed by atoms with E-state index in [1.165, 1.54) is 13.2 Å². The van der Waals surface area contributed by atoms with E-state index in [-0.39, 0.29) is 16.5 Å². The van der Waals surface area contributed by atoms with E-state index in [9.17, 15) is 23.3 Å². The smallest absolute Gasteiger partial charge is 0.328 e. The molecule has 0 aliphatic rings. The zero-order chi connectivity index (χ0) is 17.8. The number of hydrogen-bond acceptors (Lipinski definition) is 7. The largest absolute Gasteiger partial charge is 0.467 e. The molecule has 1 N–H and O–H groups in total. The third kappa shape index (κ3) is 5.20. The third-order valence-corrected chi connectivity index (χ3v) is 4.23. The molecule has 0 saturated heterocycles. The Kier molecular flexibility index (Phi) is 6.08. The van der Waals surface area contributed by atoms with Gasteiger partial charge in [0.15, 0.2) is 9.84 Å². The fourth-order valence-electron chi connectivity index (χ4n) is 2.09. The molecule has 0 aliphatic heterocycles. The molecule has 0 unspecified atom stereocenters. The van der Waals surface area contributed by atoms with Gasteiger partial charge in [0.25, 0.3) is 5.69 Å². The van der Waals surface area contributed by atoms with Crippen LogP contribution in [0.15, 0.2) is 23.1 Å². The molecule has 1 aromatic carbocycles. The van der Waals surface area contributed by atoms with Gasteiger partial charge in [-0.2, -0.15) is 0 Å². The van der Waals surface area contributed by atoms with Crippen LogP contribution < -0.4 is 5.32 Å². The van der Waals surface area contributed by atoms with Crippen molar-refractivity contribution in [1.29, 1.82) is 0 Å². The Hall–Kier alpha value is -2.16. The van der Waals surface area contributed by atoms with Gasteiger partial charge in [-0.05, 0) is 24.5 Å². The SMILES string of the molecule is COC(=O)[C@H](CC(C)C)Nc1ccc(S(C)(=O)=O)c([N+](=O)[O-])c1. The molecule has 0 saturated carbocycles. The Balaban J connectivity index is 3.20. The van der Waals surface area contributed by atoms with E-state index in [0.717, 1.165) is 18.4 Å². The fraction of sp³-hybridized carbons (Fsp3) is 0.500. The van der Waals surface area contributed by atoms with Crippen LogP contribution in [0.4, 0.5) is 11.4 Å². The molecule has 0 fully saturated rings. The van der Waals surface area contributed by atoms with Gasteiger partial charge in [0.1, 0.15) is 10.9 Å². The van der Waals surface area contributed by atoms with Crippen molar-refractivity contribution in [3.8, 4) is 0 Å². The molecular weight excluding hydrogens is 324 g/mol. The van der Waals surface area contributed by atoms with Crippen LogP contribution in [0.25, 0.3) is 0 Å². The number of ether oxygens (including phenoxy) is 1. The van der Waals surface area contributed by atoms with E-state index in [4.69, 9.17) is 4.74 Å². The number of nitrogens with zero attached hydrogens (tertiary/aromatic N) is 1. The van der Waals surface area contributed by atoms with Crippen molar-refractivity contribution in [3.05, 3.63) is 28.3 Å². The first-order valence-electron chi connectivity index (χ1n) is 6.89. The molecule has 9 heteroatoms. The van der Waals surface area contributed by atoms with Crippen molar-refractivity contribution in [2.75, 3.05) is 18.7 Å². The van der Waals surface area contributed by atoms with Crippen LogP contribution in [0.2, 0.25) is 0 Å². The van der Waals surface area contributed by atoms with E-state index in [1.54, 1.807) is 0 Å². The number of anilines is 1. The normalized spacial score (nSPS) is 12.7. The summed E-state index contributed by atoms with van der Waals surface area (Å²) < 4.78 is 27.9. The van der Waals surface area contributed by atoms with Crippen molar-refractivity contribution < 1.29 is 22.9 Å². The average Bonchev–Trinajstić information content (AvgIpc) is 2.43. The monoisotopic (exact) mass is 344 g/mol. The summed E-state index contributed by atoms with van der Waals surface area (Å²) in [5, 5.41) is 14.0. The zero-order valence-corrected chi connectivity index (χ0v) is 14.2. The maximum Gasteiger partial charge on any atom is 0.328 e. The minimum atomic E-state index is -3.72. The number of carbonyl (C=O) groups excluding carboxylic acids is 1. The third-order valence-electron chi connectivity index (χ3n) is 3.09. The second-order valence-corrected chi connectivity index (χ2v) is 7.55. The van der Waals surface area contributed by atoms with E-state index in [1.807, 2.05) is 13.8 Å². The van der Waals surface area contributed by atoms with Crippen LogP contribution in [0, 0.1) is 16.0 Å². The number of sulfone groups is 1. The number of hydrogen-bond donors (Lipinski definition) is 1. The second-order valence-electron chi connectivity index (χ2n) is 5.56. The van der Waals surface area contributed by atoms with Crippen molar-refractivity contribution in [1.82, 2.24) is 0 Å². The molecule has 23 heavy (non-hydrogen) atoms. The highest BCUT2D eigenvalue weighted by atomic mass is 32.2. The maximum absolute atomic E-state index is 11.8. The van der Waals surface area contributed by atoms with E-state index >= 15 is 0 Å². The van der Waals surface area contributed by atoms with Crippen LogP contribution >= 0.6 is 0 Å². The first kappa shape index (κ1) is 18.9. The van der Waals surface area contributed by atoms with Crippen LogP contribution in [0.1, 0.15) is 20.3 Å². The van der Waals surface area contributed by atoms with Gasteiger partial charge in [0.05, 0.1) is 12.0 Å². The Morgan fingerprint density at radius 2 is 2.00 bits per heavy atom. The number of nitro benzene ring substituents is 1. The Bertz CT molecular complexity index is 699. The molecule has 8 nitrogen and oxygen atoms in total. The first-order chi connectivity index (χ1) is 10.6. The van der Waals surface area contributed by atoms with Crippen LogP contribution in [-0.4, -0.2) is 38.7 Å². The lowest BCUT2D eigenvalue weighted by atomic mass is 10.0. The Morgan fingerprint density at radius 3 is 2.43 bits per heavy atom. The molecule has 1 rings (SSSR count). The van der Waals surface area contributed by atoms with Gasteiger partial charge in [0, 0.05) is 18.0 Å². The standard InChI is InChI=1S/C14H20N2O6S/c1-9(2)7-11(14(17)22-3)15-10-5-6-13(23(4,20)21)12(8-10)16(18)19/h5-6,8-9,11,15H,7H2,1-4H3/t11-/m0/s1. The number of esters is 1. The van der Waals surface area contributed by atoms with Crippen molar-refractivity contribution >= 4 is 27.2 Å². The number of nitro groups is 1. The topological polar surface area (TPSA) is 116 Å². The molecular formula is C14H20N2O6S. The lowest BCUT2D eigenvalue weighted by Crippen LogP contribution is -2.32. The molecule has 0 amide bonds. The average molecular weight is 344 g/mol. The summed E-state index contributed by atoms with van der Waals surface area (Å²) in [6.07, 6.45) is 1.37. The predicted octanol–water partition coefficient (Wildman–Crippen LogP) is 2.00. The maximum atomic E-state index is 11.8. The quantitative estimate of drug-likeness (QED) is 0.457. The summed E-state index contributed by atoms with van der Waals surface area (Å²) in [7, 11) is -2.47. The van der Waals surface area contributed by atoms with Crippen molar-refractivity contribution in [2.45, 2.75) is 31.2 Å². The lowest BCUT2D eigenvalue weighted by molar-refractivity contribution is -0.387. The summed E-state index contributed by atoms with van der Waals surface area (Å²) in [5.41, 5.74) is -0.259. The zero-order valence-electron chi connectivity index (χ0n) is 13.4. The van der Waals surface area contributed by atoms with Crippen LogP contribution in [-0.2, 0) is 19.4 Å². The minimum absolute atomic E-state index is 0.192. The molecule has 128 valence electrons. The summed E-state index contributed by atoms with van der Waals surface area (Å²) in [5.74, 6) is -0.301. The molecule has 0 aliphatic carbocycles. The highest BCUT2D eigenvalue weighted by Gasteiger charge is 2.25. The van der Waals surface area contributed by atoms with E-state index in [0.29, 0.717) is 6.42 Å². The first-order valence-corrected chi connectivity index (χ1v) is 8.78. The van der Waals surface area contributed by atoms with E-state index in [2.05, 4.69) is 5.32 Å². The molecule has 0 bridgehead atoms. The van der Waals surface area contributed by atoms with Gasteiger partial charge < -0.3 is 10.1 Å². The van der Waals surface area contributed by atoms with Crippen molar-refractivity contribution in [2.24, 2.45) is 5.92 Å². The number of rotatable bonds is 7. The van der Waals surface area contributed by atoms with Gasteiger partial charge in [-0.15, -0.1) is 0 Å². The summed E-state index contributed by atoms with van der Waals surface area (Å²) in [4.78, 5) is 21.7.